The highest BCUT2D eigenvalue weighted by Gasteiger charge is 2.21. The number of halogens is 1. The van der Waals surface area contributed by atoms with Gasteiger partial charge in [0.15, 0.2) is 0 Å². The van der Waals surface area contributed by atoms with E-state index in [0.29, 0.717) is 30.9 Å². The van der Waals surface area contributed by atoms with Gasteiger partial charge in [0.2, 0.25) is 0 Å². The van der Waals surface area contributed by atoms with E-state index in [1.165, 1.54) is 12.1 Å². The van der Waals surface area contributed by atoms with Gasteiger partial charge >= 0.3 is 0 Å². The molecule has 31 heavy (non-hydrogen) atoms. The first kappa shape index (κ1) is 19.3. The first-order chi connectivity index (χ1) is 15.2. The fourth-order valence-corrected chi connectivity index (χ4v) is 3.89. The molecule has 0 unspecified atom stereocenters. The molecule has 154 valence electrons. The molecule has 1 aromatic carbocycles. The zero-order chi connectivity index (χ0) is 21.2. The largest absolute Gasteiger partial charge is 0.306 e. The van der Waals surface area contributed by atoms with Gasteiger partial charge in [0.25, 0.3) is 5.56 Å². The van der Waals surface area contributed by atoms with Crippen molar-refractivity contribution in [2.24, 2.45) is 0 Å². The third kappa shape index (κ3) is 4.13. The second-order valence-electron chi connectivity index (χ2n) is 7.63. The fraction of sp³-hybridized carbons (Fsp3) is 0.167. The van der Waals surface area contributed by atoms with Crippen LogP contribution < -0.4 is 5.56 Å². The highest BCUT2D eigenvalue weighted by atomic mass is 19.1. The number of benzene rings is 1. The standard InChI is InChI=1S/C24H20FN5O/c25-20-3-1-17(2-4-20)19-11-16(12-27-13-19)14-30-10-7-22-21(15-30)24(31)29-23(28-22)18-5-8-26-9-6-18/h1-6,8-9,11-13H,7,10,14-15H2,(H,28,29,31). The number of rotatable bonds is 4. The fourth-order valence-electron chi connectivity index (χ4n) is 3.89. The summed E-state index contributed by atoms with van der Waals surface area (Å²) >= 11 is 0. The molecule has 3 aromatic heterocycles. The minimum absolute atomic E-state index is 0.0975. The Morgan fingerprint density at radius 3 is 2.58 bits per heavy atom. The van der Waals surface area contributed by atoms with Gasteiger partial charge in [-0.2, -0.15) is 0 Å². The second kappa shape index (κ2) is 8.20. The summed E-state index contributed by atoms with van der Waals surface area (Å²) in [5.41, 5.74) is 5.22. The molecule has 0 aliphatic carbocycles. The molecule has 0 radical (unpaired) electrons. The minimum atomic E-state index is -0.259. The molecule has 0 fully saturated rings. The highest BCUT2D eigenvalue weighted by Crippen LogP contribution is 2.23. The molecule has 0 atom stereocenters. The molecule has 0 spiro atoms. The molecule has 5 rings (SSSR count). The monoisotopic (exact) mass is 413 g/mol. The van der Waals surface area contributed by atoms with Crippen LogP contribution in [-0.2, 0) is 19.5 Å². The predicted molar refractivity (Wildman–Crippen MR) is 116 cm³/mol. The molecule has 0 bridgehead atoms. The number of fused-ring (bicyclic) bond motifs is 1. The van der Waals surface area contributed by atoms with E-state index in [-0.39, 0.29) is 11.4 Å². The molecule has 7 heteroatoms. The molecule has 6 nitrogen and oxygen atoms in total. The molecule has 1 N–H and O–H groups in total. The van der Waals surface area contributed by atoms with Crippen LogP contribution in [-0.4, -0.2) is 31.4 Å². The van der Waals surface area contributed by atoms with Crippen molar-refractivity contribution in [1.29, 1.82) is 0 Å². The lowest BCUT2D eigenvalue weighted by atomic mass is 10.0. The summed E-state index contributed by atoms with van der Waals surface area (Å²) in [6.45, 7) is 2.02. The summed E-state index contributed by atoms with van der Waals surface area (Å²) in [5.74, 6) is 0.321. The van der Waals surface area contributed by atoms with Gasteiger partial charge in [-0.05, 0) is 41.5 Å². The Morgan fingerprint density at radius 1 is 0.968 bits per heavy atom. The molecule has 0 saturated heterocycles. The van der Waals surface area contributed by atoms with Crippen LogP contribution in [0.15, 0.2) is 72.0 Å². The predicted octanol–water partition coefficient (Wildman–Crippen LogP) is 3.59. The van der Waals surface area contributed by atoms with E-state index >= 15 is 0 Å². The Hall–Kier alpha value is -3.71. The number of H-pyrrole nitrogens is 1. The van der Waals surface area contributed by atoms with Crippen LogP contribution in [0.3, 0.4) is 0 Å². The van der Waals surface area contributed by atoms with E-state index < -0.39 is 0 Å². The number of aromatic amines is 1. The summed E-state index contributed by atoms with van der Waals surface area (Å²) in [4.78, 5) is 30.9. The van der Waals surface area contributed by atoms with Gasteiger partial charge in [-0.15, -0.1) is 0 Å². The quantitative estimate of drug-likeness (QED) is 0.553. The lowest BCUT2D eigenvalue weighted by molar-refractivity contribution is 0.241. The van der Waals surface area contributed by atoms with Crippen molar-refractivity contribution in [3.8, 4) is 22.5 Å². The lowest BCUT2D eigenvalue weighted by Crippen LogP contribution is -2.35. The third-order valence-corrected chi connectivity index (χ3v) is 5.48. The third-order valence-electron chi connectivity index (χ3n) is 5.48. The molecule has 4 heterocycles. The Bertz CT molecular complexity index is 1270. The zero-order valence-corrected chi connectivity index (χ0v) is 16.8. The summed E-state index contributed by atoms with van der Waals surface area (Å²) < 4.78 is 13.2. The molecule has 0 saturated carbocycles. The van der Waals surface area contributed by atoms with Crippen LogP contribution in [0, 0.1) is 5.82 Å². The van der Waals surface area contributed by atoms with Gasteiger partial charge in [0.05, 0.1) is 11.3 Å². The maximum absolute atomic E-state index is 13.2. The van der Waals surface area contributed by atoms with Gasteiger partial charge in [0, 0.05) is 62.0 Å². The van der Waals surface area contributed by atoms with E-state index in [1.54, 1.807) is 30.7 Å². The van der Waals surface area contributed by atoms with Crippen molar-refractivity contribution in [1.82, 2.24) is 24.8 Å². The lowest BCUT2D eigenvalue weighted by Gasteiger charge is -2.27. The van der Waals surface area contributed by atoms with Crippen molar-refractivity contribution in [2.45, 2.75) is 19.5 Å². The maximum atomic E-state index is 13.2. The van der Waals surface area contributed by atoms with Crippen molar-refractivity contribution in [3.05, 3.63) is 100 Å². The topological polar surface area (TPSA) is 74.8 Å². The van der Waals surface area contributed by atoms with Gasteiger partial charge in [-0.1, -0.05) is 12.1 Å². The van der Waals surface area contributed by atoms with Crippen LogP contribution in [0.4, 0.5) is 4.39 Å². The molecular formula is C24H20FN5O. The van der Waals surface area contributed by atoms with Crippen LogP contribution in [0.2, 0.25) is 0 Å². The molecule has 0 amide bonds. The van der Waals surface area contributed by atoms with E-state index in [2.05, 4.69) is 25.9 Å². The first-order valence-electron chi connectivity index (χ1n) is 10.1. The van der Waals surface area contributed by atoms with Gasteiger partial charge in [0.1, 0.15) is 11.6 Å². The summed E-state index contributed by atoms with van der Waals surface area (Å²) in [5, 5.41) is 0. The van der Waals surface area contributed by atoms with Crippen molar-refractivity contribution in [3.63, 3.8) is 0 Å². The summed E-state index contributed by atoms with van der Waals surface area (Å²) in [6, 6.07) is 12.1. The van der Waals surface area contributed by atoms with Gasteiger partial charge < -0.3 is 4.98 Å². The normalized spacial score (nSPS) is 13.7. The number of nitrogens with one attached hydrogen (secondary N) is 1. The smallest absolute Gasteiger partial charge is 0.255 e. The number of hydrogen-bond donors (Lipinski definition) is 1. The van der Waals surface area contributed by atoms with Crippen molar-refractivity contribution < 1.29 is 4.39 Å². The highest BCUT2D eigenvalue weighted by molar-refractivity contribution is 5.62. The molecule has 1 aliphatic heterocycles. The summed E-state index contributed by atoms with van der Waals surface area (Å²) in [6.07, 6.45) is 7.69. The Balaban J connectivity index is 1.35. The van der Waals surface area contributed by atoms with E-state index in [9.17, 15) is 9.18 Å². The molecule has 4 aromatic rings. The average molecular weight is 413 g/mol. The maximum Gasteiger partial charge on any atom is 0.255 e. The second-order valence-corrected chi connectivity index (χ2v) is 7.63. The average Bonchev–Trinajstić information content (AvgIpc) is 2.81. The molecule has 1 aliphatic rings. The summed E-state index contributed by atoms with van der Waals surface area (Å²) in [7, 11) is 0. The zero-order valence-electron chi connectivity index (χ0n) is 16.8. The van der Waals surface area contributed by atoms with Crippen LogP contribution in [0.1, 0.15) is 16.8 Å². The van der Waals surface area contributed by atoms with Gasteiger partial charge in [-0.25, -0.2) is 9.37 Å². The van der Waals surface area contributed by atoms with Gasteiger partial charge in [-0.3, -0.25) is 19.7 Å². The molecular weight excluding hydrogens is 393 g/mol. The number of nitrogens with zero attached hydrogens (tertiary/aromatic N) is 4. The van der Waals surface area contributed by atoms with Crippen LogP contribution >= 0.6 is 0 Å². The number of hydrogen-bond acceptors (Lipinski definition) is 5. The number of aromatic nitrogens is 4. The Morgan fingerprint density at radius 2 is 1.77 bits per heavy atom. The first-order valence-corrected chi connectivity index (χ1v) is 10.1. The van der Waals surface area contributed by atoms with Crippen LogP contribution in [0.25, 0.3) is 22.5 Å². The van der Waals surface area contributed by atoms with E-state index in [4.69, 9.17) is 4.98 Å². The SMILES string of the molecule is O=c1[nH]c(-c2ccncc2)nc2c1CN(Cc1cncc(-c3ccc(F)cc3)c1)CC2. The Kier molecular flexibility index (Phi) is 5.09. The minimum Gasteiger partial charge on any atom is -0.306 e. The number of pyridine rings is 2. The van der Waals surface area contributed by atoms with E-state index in [1.807, 2.05) is 18.3 Å². The van der Waals surface area contributed by atoms with E-state index in [0.717, 1.165) is 34.5 Å². The van der Waals surface area contributed by atoms with Crippen molar-refractivity contribution in [2.75, 3.05) is 6.54 Å². The Labute approximate surface area is 178 Å². The van der Waals surface area contributed by atoms with Crippen molar-refractivity contribution >= 4 is 0 Å². The van der Waals surface area contributed by atoms with Crippen LogP contribution in [0.5, 0.6) is 0 Å².